The minimum Gasteiger partial charge on any atom is -0.339 e. The van der Waals surface area contributed by atoms with Crippen LogP contribution in [0.3, 0.4) is 0 Å². The maximum absolute atomic E-state index is 13.9. The zero-order valence-corrected chi connectivity index (χ0v) is 14.4. The summed E-state index contributed by atoms with van der Waals surface area (Å²) in [6, 6.07) is 4.23. The van der Waals surface area contributed by atoms with Crippen LogP contribution < -0.4 is 0 Å². The van der Waals surface area contributed by atoms with Gasteiger partial charge in [-0.1, -0.05) is 36.9 Å². The van der Waals surface area contributed by atoms with Crippen LogP contribution in [0.2, 0.25) is 5.02 Å². The molecule has 2 amide bonds. The molecule has 4 nitrogen and oxygen atoms in total. The third kappa shape index (κ3) is 3.56. The summed E-state index contributed by atoms with van der Waals surface area (Å²) >= 11 is 5.97. The van der Waals surface area contributed by atoms with Gasteiger partial charge in [0.1, 0.15) is 5.82 Å². The van der Waals surface area contributed by atoms with Gasteiger partial charge in [-0.25, -0.2) is 4.39 Å². The van der Waals surface area contributed by atoms with Crippen molar-refractivity contribution in [1.29, 1.82) is 0 Å². The van der Waals surface area contributed by atoms with Crippen molar-refractivity contribution in [2.75, 3.05) is 26.2 Å². The molecule has 0 spiro atoms. The molecule has 0 atom stereocenters. The molecule has 1 aromatic carbocycles. The zero-order chi connectivity index (χ0) is 17.1. The Kier molecular flexibility index (Phi) is 5.39. The molecule has 0 bridgehead atoms. The Labute approximate surface area is 146 Å². The summed E-state index contributed by atoms with van der Waals surface area (Å²) < 4.78 is 13.9. The first-order valence-corrected chi connectivity index (χ1v) is 8.98. The molecule has 1 saturated heterocycles. The number of amides is 2. The van der Waals surface area contributed by atoms with E-state index in [1.807, 2.05) is 4.90 Å². The molecule has 1 aliphatic carbocycles. The molecule has 2 fully saturated rings. The normalized spacial score (nSPS) is 19.4. The van der Waals surface area contributed by atoms with Crippen LogP contribution in [-0.2, 0) is 4.79 Å². The predicted molar refractivity (Wildman–Crippen MR) is 90.5 cm³/mol. The van der Waals surface area contributed by atoms with Crippen LogP contribution >= 0.6 is 11.6 Å². The highest BCUT2D eigenvalue weighted by molar-refractivity contribution is 6.33. The summed E-state index contributed by atoms with van der Waals surface area (Å²) in [5.74, 6) is -0.649. The minimum absolute atomic E-state index is 0.0776. The molecule has 1 saturated carbocycles. The number of hydrogen-bond donors (Lipinski definition) is 0. The van der Waals surface area contributed by atoms with Crippen molar-refractivity contribution < 1.29 is 14.0 Å². The maximum Gasteiger partial charge on any atom is 0.258 e. The number of carbonyl (C=O) groups is 2. The highest BCUT2D eigenvalue weighted by Gasteiger charge is 2.31. The number of benzene rings is 1. The standard InChI is InChI=1S/C18H22ClFN2O2/c19-14-7-4-8-15(20)16(14)18(24)22-11-9-21(10-12-22)17(23)13-5-2-1-3-6-13/h4,7-8,13H,1-3,5-6,9-12H2. The van der Waals surface area contributed by atoms with Crippen molar-refractivity contribution in [2.45, 2.75) is 32.1 Å². The molecule has 0 unspecified atom stereocenters. The van der Waals surface area contributed by atoms with Gasteiger partial charge in [0.05, 0.1) is 10.6 Å². The molecule has 24 heavy (non-hydrogen) atoms. The lowest BCUT2D eigenvalue weighted by molar-refractivity contribution is -0.138. The summed E-state index contributed by atoms with van der Waals surface area (Å²) in [6.45, 7) is 1.85. The summed E-state index contributed by atoms with van der Waals surface area (Å²) in [5.41, 5.74) is -0.0776. The number of nitrogens with zero attached hydrogens (tertiary/aromatic N) is 2. The van der Waals surface area contributed by atoms with Crippen molar-refractivity contribution in [1.82, 2.24) is 9.80 Å². The van der Waals surface area contributed by atoms with Crippen LogP contribution in [0.25, 0.3) is 0 Å². The quantitative estimate of drug-likeness (QED) is 0.819. The van der Waals surface area contributed by atoms with Gasteiger partial charge >= 0.3 is 0 Å². The summed E-state index contributed by atoms with van der Waals surface area (Å²) in [5, 5.41) is 0.126. The van der Waals surface area contributed by atoms with Gasteiger partial charge in [0.25, 0.3) is 5.91 Å². The van der Waals surface area contributed by atoms with E-state index in [-0.39, 0.29) is 22.4 Å². The van der Waals surface area contributed by atoms with E-state index < -0.39 is 11.7 Å². The van der Waals surface area contributed by atoms with Crippen LogP contribution in [0, 0.1) is 11.7 Å². The lowest BCUT2D eigenvalue weighted by atomic mass is 9.88. The number of piperazine rings is 1. The predicted octanol–water partition coefficient (Wildman–Crippen LogP) is 3.34. The minimum atomic E-state index is -0.604. The maximum atomic E-state index is 13.9. The van der Waals surface area contributed by atoms with Gasteiger partial charge in [0.15, 0.2) is 0 Å². The van der Waals surface area contributed by atoms with E-state index in [0.717, 1.165) is 25.7 Å². The largest absolute Gasteiger partial charge is 0.339 e. The molecule has 0 radical (unpaired) electrons. The van der Waals surface area contributed by atoms with Crippen LogP contribution in [0.4, 0.5) is 4.39 Å². The van der Waals surface area contributed by atoms with Crippen LogP contribution in [0.15, 0.2) is 18.2 Å². The summed E-state index contributed by atoms with van der Waals surface area (Å²) in [6.07, 6.45) is 5.42. The fraction of sp³-hybridized carbons (Fsp3) is 0.556. The van der Waals surface area contributed by atoms with E-state index >= 15 is 0 Å². The highest BCUT2D eigenvalue weighted by atomic mass is 35.5. The Morgan fingerprint density at radius 1 is 1.00 bits per heavy atom. The van der Waals surface area contributed by atoms with Crippen LogP contribution in [0.5, 0.6) is 0 Å². The molecular weight excluding hydrogens is 331 g/mol. The van der Waals surface area contributed by atoms with E-state index in [4.69, 9.17) is 11.6 Å². The van der Waals surface area contributed by atoms with Gasteiger partial charge in [-0.3, -0.25) is 9.59 Å². The van der Waals surface area contributed by atoms with Crippen molar-refractivity contribution in [3.63, 3.8) is 0 Å². The SMILES string of the molecule is O=C(c1c(F)cccc1Cl)N1CCN(C(=O)C2CCCCC2)CC1. The van der Waals surface area contributed by atoms with Crippen molar-refractivity contribution in [3.05, 3.63) is 34.6 Å². The molecule has 1 aliphatic heterocycles. The van der Waals surface area contributed by atoms with Gasteiger partial charge in [0, 0.05) is 32.1 Å². The highest BCUT2D eigenvalue weighted by Crippen LogP contribution is 2.26. The van der Waals surface area contributed by atoms with E-state index in [2.05, 4.69) is 0 Å². The summed E-state index contributed by atoms with van der Waals surface area (Å²) in [4.78, 5) is 28.5. The zero-order valence-electron chi connectivity index (χ0n) is 13.6. The van der Waals surface area contributed by atoms with Crippen LogP contribution in [-0.4, -0.2) is 47.8 Å². The van der Waals surface area contributed by atoms with E-state index in [1.54, 1.807) is 4.90 Å². The molecule has 2 aliphatic rings. The van der Waals surface area contributed by atoms with Crippen LogP contribution in [0.1, 0.15) is 42.5 Å². The lowest BCUT2D eigenvalue weighted by Gasteiger charge is -2.37. The Morgan fingerprint density at radius 3 is 2.25 bits per heavy atom. The fourth-order valence-electron chi connectivity index (χ4n) is 3.60. The number of rotatable bonds is 2. The van der Waals surface area contributed by atoms with E-state index in [1.165, 1.54) is 24.6 Å². The van der Waals surface area contributed by atoms with Gasteiger partial charge in [-0.15, -0.1) is 0 Å². The molecule has 3 rings (SSSR count). The second kappa shape index (κ2) is 7.51. The van der Waals surface area contributed by atoms with E-state index in [9.17, 15) is 14.0 Å². The molecule has 0 N–H and O–H groups in total. The molecule has 1 aromatic rings. The smallest absolute Gasteiger partial charge is 0.258 e. The molecule has 1 heterocycles. The molecule has 130 valence electrons. The topological polar surface area (TPSA) is 40.6 Å². The van der Waals surface area contributed by atoms with Gasteiger partial charge in [0.2, 0.25) is 5.91 Å². The van der Waals surface area contributed by atoms with Gasteiger partial charge in [-0.05, 0) is 25.0 Å². The molecule has 0 aromatic heterocycles. The van der Waals surface area contributed by atoms with Crippen molar-refractivity contribution in [3.8, 4) is 0 Å². The van der Waals surface area contributed by atoms with Crippen molar-refractivity contribution >= 4 is 23.4 Å². The Balaban J connectivity index is 1.60. The monoisotopic (exact) mass is 352 g/mol. The third-order valence-corrected chi connectivity index (χ3v) is 5.32. The van der Waals surface area contributed by atoms with Crippen molar-refractivity contribution in [2.24, 2.45) is 5.92 Å². The second-order valence-electron chi connectivity index (χ2n) is 6.55. The summed E-state index contributed by atoms with van der Waals surface area (Å²) in [7, 11) is 0. The third-order valence-electron chi connectivity index (χ3n) is 5.01. The average molecular weight is 353 g/mol. The number of hydrogen-bond acceptors (Lipinski definition) is 2. The Hall–Kier alpha value is -1.62. The Bertz CT molecular complexity index is 603. The number of carbonyl (C=O) groups excluding carboxylic acids is 2. The fourth-order valence-corrected chi connectivity index (χ4v) is 3.84. The average Bonchev–Trinajstić information content (AvgIpc) is 2.62. The second-order valence-corrected chi connectivity index (χ2v) is 6.96. The Morgan fingerprint density at radius 2 is 1.62 bits per heavy atom. The van der Waals surface area contributed by atoms with E-state index in [0.29, 0.717) is 26.2 Å². The van der Waals surface area contributed by atoms with Gasteiger partial charge in [-0.2, -0.15) is 0 Å². The van der Waals surface area contributed by atoms with Gasteiger partial charge < -0.3 is 9.80 Å². The lowest BCUT2D eigenvalue weighted by Crippen LogP contribution is -2.52. The molecule has 6 heteroatoms. The first-order valence-electron chi connectivity index (χ1n) is 8.60. The molecular formula is C18H22ClFN2O2. The first kappa shape index (κ1) is 17.2. The number of halogens is 2. The first-order chi connectivity index (χ1) is 11.6.